The lowest BCUT2D eigenvalue weighted by Gasteiger charge is -2.31. The molecule has 0 saturated heterocycles. The van der Waals surface area contributed by atoms with Crippen molar-refractivity contribution in [2.75, 3.05) is 5.73 Å². The second-order valence-electron chi connectivity index (χ2n) is 4.68. The second-order valence-corrected chi connectivity index (χ2v) is 4.68. The molecule has 0 bridgehead atoms. The first-order valence-electron chi connectivity index (χ1n) is 6.32. The molecule has 2 unspecified atom stereocenters. The van der Waals surface area contributed by atoms with E-state index in [1.807, 2.05) is 24.3 Å². The SMILES string of the molecule is CCC1CCCCC1Oc1ccc(N)cc1. The van der Waals surface area contributed by atoms with E-state index >= 15 is 0 Å². The molecule has 0 aliphatic heterocycles. The average Bonchev–Trinajstić information content (AvgIpc) is 2.33. The number of anilines is 1. The minimum absolute atomic E-state index is 0.405. The van der Waals surface area contributed by atoms with E-state index in [1.54, 1.807) is 0 Å². The van der Waals surface area contributed by atoms with Crippen LogP contribution in [0.5, 0.6) is 5.75 Å². The molecule has 0 spiro atoms. The van der Waals surface area contributed by atoms with Gasteiger partial charge < -0.3 is 10.5 Å². The van der Waals surface area contributed by atoms with Crippen LogP contribution in [-0.4, -0.2) is 6.10 Å². The minimum atomic E-state index is 0.405. The Morgan fingerprint density at radius 1 is 1.19 bits per heavy atom. The highest BCUT2D eigenvalue weighted by molar-refractivity contribution is 5.41. The fourth-order valence-corrected chi connectivity index (χ4v) is 2.52. The highest BCUT2D eigenvalue weighted by Gasteiger charge is 2.24. The number of ether oxygens (including phenoxy) is 1. The van der Waals surface area contributed by atoms with Crippen molar-refractivity contribution in [1.29, 1.82) is 0 Å². The van der Waals surface area contributed by atoms with E-state index in [2.05, 4.69) is 6.92 Å². The van der Waals surface area contributed by atoms with Crippen LogP contribution in [0, 0.1) is 5.92 Å². The van der Waals surface area contributed by atoms with E-state index in [-0.39, 0.29) is 0 Å². The molecule has 1 fully saturated rings. The third kappa shape index (κ3) is 2.69. The van der Waals surface area contributed by atoms with Gasteiger partial charge in [0.05, 0.1) is 0 Å². The van der Waals surface area contributed by atoms with Crippen LogP contribution in [0.25, 0.3) is 0 Å². The molecular weight excluding hydrogens is 198 g/mol. The summed E-state index contributed by atoms with van der Waals surface area (Å²) in [5.74, 6) is 1.69. The van der Waals surface area contributed by atoms with Gasteiger partial charge in [0, 0.05) is 5.69 Å². The van der Waals surface area contributed by atoms with Gasteiger partial charge in [-0.15, -0.1) is 0 Å². The zero-order valence-electron chi connectivity index (χ0n) is 9.99. The van der Waals surface area contributed by atoms with Crippen LogP contribution in [-0.2, 0) is 0 Å². The van der Waals surface area contributed by atoms with Crippen molar-refractivity contribution in [3.8, 4) is 5.75 Å². The zero-order chi connectivity index (χ0) is 11.4. The Kier molecular flexibility index (Phi) is 3.70. The smallest absolute Gasteiger partial charge is 0.119 e. The van der Waals surface area contributed by atoms with Gasteiger partial charge in [-0.05, 0) is 55.9 Å². The van der Waals surface area contributed by atoms with Gasteiger partial charge in [0.1, 0.15) is 11.9 Å². The van der Waals surface area contributed by atoms with Crippen molar-refractivity contribution >= 4 is 5.69 Å². The largest absolute Gasteiger partial charge is 0.490 e. The summed E-state index contributed by atoms with van der Waals surface area (Å²) in [7, 11) is 0. The highest BCUT2D eigenvalue weighted by Crippen LogP contribution is 2.30. The van der Waals surface area contributed by atoms with Gasteiger partial charge in [0.2, 0.25) is 0 Å². The van der Waals surface area contributed by atoms with Gasteiger partial charge in [-0.25, -0.2) is 0 Å². The van der Waals surface area contributed by atoms with Crippen molar-refractivity contribution in [1.82, 2.24) is 0 Å². The van der Waals surface area contributed by atoms with E-state index in [0.717, 1.165) is 17.4 Å². The van der Waals surface area contributed by atoms with Gasteiger partial charge in [0.15, 0.2) is 0 Å². The van der Waals surface area contributed by atoms with Gasteiger partial charge >= 0.3 is 0 Å². The first kappa shape index (κ1) is 11.3. The molecule has 2 heteroatoms. The fourth-order valence-electron chi connectivity index (χ4n) is 2.52. The monoisotopic (exact) mass is 219 g/mol. The quantitative estimate of drug-likeness (QED) is 0.788. The molecule has 0 radical (unpaired) electrons. The van der Waals surface area contributed by atoms with Gasteiger partial charge in [-0.3, -0.25) is 0 Å². The Hall–Kier alpha value is -1.18. The standard InChI is InChI=1S/C14H21NO/c1-2-11-5-3-4-6-14(11)16-13-9-7-12(15)8-10-13/h7-11,14H,2-6,15H2,1H3. The Morgan fingerprint density at radius 3 is 2.56 bits per heavy atom. The van der Waals surface area contributed by atoms with Crippen molar-refractivity contribution in [2.45, 2.75) is 45.1 Å². The van der Waals surface area contributed by atoms with E-state index in [4.69, 9.17) is 10.5 Å². The molecule has 16 heavy (non-hydrogen) atoms. The number of benzene rings is 1. The number of nitrogen functional groups attached to an aromatic ring is 1. The van der Waals surface area contributed by atoms with Gasteiger partial charge in [0.25, 0.3) is 0 Å². The Labute approximate surface area is 97.8 Å². The molecule has 1 aliphatic carbocycles. The Morgan fingerprint density at radius 2 is 1.88 bits per heavy atom. The van der Waals surface area contributed by atoms with Crippen molar-refractivity contribution < 1.29 is 4.74 Å². The summed E-state index contributed by atoms with van der Waals surface area (Å²) in [5.41, 5.74) is 6.45. The normalized spacial score (nSPS) is 25.3. The number of rotatable bonds is 3. The molecule has 0 aromatic heterocycles. The van der Waals surface area contributed by atoms with Crippen molar-refractivity contribution in [3.63, 3.8) is 0 Å². The molecule has 88 valence electrons. The van der Waals surface area contributed by atoms with Crippen LogP contribution in [0.15, 0.2) is 24.3 Å². The summed E-state index contributed by atoms with van der Waals surface area (Å²) in [6.07, 6.45) is 6.80. The van der Waals surface area contributed by atoms with E-state index < -0.39 is 0 Å². The van der Waals surface area contributed by atoms with Gasteiger partial charge in [-0.1, -0.05) is 13.3 Å². The molecule has 0 amide bonds. The first-order chi connectivity index (χ1) is 7.79. The molecule has 2 atom stereocenters. The predicted octanol–water partition coefficient (Wildman–Crippen LogP) is 3.62. The van der Waals surface area contributed by atoms with E-state index in [0.29, 0.717) is 6.10 Å². The second kappa shape index (κ2) is 5.24. The molecule has 1 aliphatic rings. The topological polar surface area (TPSA) is 35.2 Å². The summed E-state index contributed by atoms with van der Waals surface area (Å²) in [5, 5.41) is 0. The van der Waals surface area contributed by atoms with Crippen LogP contribution >= 0.6 is 0 Å². The molecule has 1 aromatic carbocycles. The Balaban J connectivity index is 1.99. The van der Waals surface area contributed by atoms with Crippen LogP contribution in [0.1, 0.15) is 39.0 Å². The summed E-state index contributed by atoms with van der Waals surface area (Å²) < 4.78 is 6.06. The molecule has 2 N–H and O–H groups in total. The lowest BCUT2D eigenvalue weighted by atomic mass is 9.85. The molecule has 2 nitrogen and oxygen atoms in total. The van der Waals surface area contributed by atoms with Crippen molar-refractivity contribution in [3.05, 3.63) is 24.3 Å². The summed E-state index contributed by atoms with van der Waals surface area (Å²) in [6, 6.07) is 7.74. The maximum Gasteiger partial charge on any atom is 0.119 e. The van der Waals surface area contributed by atoms with Crippen LogP contribution in [0.3, 0.4) is 0 Å². The third-order valence-corrected chi connectivity index (χ3v) is 3.53. The highest BCUT2D eigenvalue weighted by atomic mass is 16.5. The number of hydrogen-bond donors (Lipinski definition) is 1. The Bertz CT molecular complexity index is 320. The van der Waals surface area contributed by atoms with Gasteiger partial charge in [-0.2, -0.15) is 0 Å². The third-order valence-electron chi connectivity index (χ3n) is 3.53. The molecule has 2 rings (SSSR count). The average molecular weight is 219 g/mol. The zero-order valence-corrected chi connectivity index (χ0v) is 9.99. The summed E-state index contributed by atoms with van der Waals surface area (Å²) in [6.45, 7) is 2.26. The maximum atomic E-state index is 6.06. The molecule has 0 heterocycles. The van der Waals surface area contributed by atoms with Crippen LogP contribution in [0.2, 0.25) is 0 Å². The summed E-state index contributed by atoms with van der Waals surface area (Å²) in [4.78, 5) is 0. The number of hydrogen-bond acceptors (Lipinski definition) is 2. The molecule has 1 aromatic rings. The maximum absolute atomic E-state index is 6.06. The predicted molar refractivity (Wildman–Crippen MR) is 67.5 cm³/mol. The molecule has 1 saturated carbocycles. The van der Waals surface area contributed by atoms with Crippen molar-refractivity contribution in [2.24, 2.45) is 5.92 Å². The van der Waals surface area contributed by atoms with E-state index in [9.17, 15) is 0 Å². The summed E-state index contributed by atoms with van der Waals surface area (Å²) >= 11 is 0. The fraction of sp³-hybridized carbons (Fsp3) is 0.571. The lowest BCUT2D eigenvalue weighted by molar-refractivity contribution is 0.0904. The number of nitrogens with two attached hydrogens (primary N) is 1. The van der Waals surface area contributed by atoms with E-state index in [1.165, 1.54) is 32.1 Å². The van der Waals surface area contributed by atoms with Crippen LogP contribution < -0.4 is 10.5 Å². The minimum Gasteiger partial charge on any atom is -0.490 e. The first-order valence-corrected chi connectivity index (χ1v) is 6.32. The molecular formula is C14H21NO. The van der Waals surface area contributed by atoms with Crippen LogP contribution in [0.4, 0.5) is 5.69 Å². The lowest BCUT2D eigenvalue weighted by Crippen LogP contribution is -2.29.